The van der Waals surface area contributed by atoms with Crippen LogP contribution >= 0.6 is 11.8 Å². The second-order valence-electron chi connectivity index (χ2n) is 4.73. The zero-order valence-electron chi connectivity index (χ0n) is 13.9. The minimum atomic E-state index is -1.26. The first-order valence-electron chi connectivity index (χ1n) is 7.86. The number of carbonyl (C=O) groups is 1. The van der Waals surface area contributed by atoms with E-state index >= 15 is 0 Å². The SMILES string of the molecule is CC.CCOC(=O)C[C@](O)(CC)[C@]1(CC)SCCC[S@]1=O. The standard InChI is InChI=1S/C13H24O4S2.C2H6/c1-4-12(15,10-11(14)17-6-3)13(5-2)18-8-7-9-19(13)16;1-2/h15H,4-10H2,1-3H3;1-2H3/t12-,13-,19-;/m1./s1. The molecule has 0 aliphatic carbocycles. The smallest absolute Gasteiger partial charge is 0.308 e. The zero-order valence-corrected chi connectivity index (χ0v) is 15.6. The summed E-state index contributed by atoms with van der Waals surface area (Å²) in [5.74, 6) is 1.07. The van der Waals surface area contributed by atoms with E-state index in [0.717, 1.165) is 12.2 Å². The lowest BCUT2D eigenvalue weighted by Gasteiger charge is -2.46. The lowest BCUT2D eigenvalue weighted by Crippen LogP contribution is -2.57. The molecule has 1 saturated heterocycles. The Hall–Kier alpha value is -0.0700. The molecule has 4 nitrogen and oxygen atoms in total. The van der Waals surface area contributed by atoms with Crippen LogP contribution in [-0.4, -0.2) is 43.1 Å². The minimum absolute atomic E-state index is 0.0794. The Morgan fingerprint density at radius 2 is 2.00 bits per heavy atom. The first kappa shape index (κ1) is 20.9. The molecule has 0 bridgehead atoms. The summed E-state index contributed by atoms with van der Waals surface area (Å²) in [5.41, 5.74) is -1.26. The van der Waals surface area contributed by atoms with Crippen LogP contribution < -0.4 is 0 Å². The molecule has 126 valence electrons. The van der Waals surface area contributed by atoms with Crippen molar-refractivity contribution in [2.75, 3.05) is 18.1 Å². The number of ether oxygens (including phenoxy) is 1. The molecule has 1 aliphatic heterocycles. The largest absolute Gasteiger partial charge is 0.466 e. The molecule has 0 radical (unpaired) electrons. The predicted molar refractivity (Wildman–Crippen MR) is 90.9 cm³/mol. The molecule has 0 aromatic carbocycles. The van der Waals surface area contributed by atoms with Crippen molar-refractivity contribution in [3.05, 3.63) is 0 Å². The number of aliphatic hydroxyl groups is 1. The molecular weight excluding hydrogens is 308 g/mol. The summed E-state index contributed by atoms with van der Waals surface area (Å²) in [6.07, 6.45) is 1.81. The second kappa shape index (κ2) is 9.85. The lowest BCUT2D eigenvalue weighted by atomic mass is 9.90. The fraction of sp³-hybridized carbons (Fsp3) is 0.933. The number of hydrogen-bond donors (Lipinski definition) is 1. The van der Waals surface area contributed by atoms with Crippen molar-refractivity contribution < 1.29 is 18.8 Å². The molecule has 3 atom stereocenters. The van der Waals surface area contributed by atoms with Gasteiger partial charge in [0.05, 0.1) is 13.0 Å². The number of esters is 1. The minimum Gasteiger partial charge on any atom is -0.466 e. The van der Waals surface area contributed by atoms with Crippen LogP contribution in [0.1, 0.15) is 60.3 Å². The molecule has 0 aromatic heterocycles. The van der Waals surface area contributed by atoms with Gasteiger partial charge in [-0.1, -0.05) is 27.7 Å². The summed E-state index contributed by atoms with van der Waals surface area (Å²) >= 11 is 1.55. The fourth-order valence-electron chi connectivity index (χ4n) is 2.58. The van der Waals surface area contributed by atoms with E-state index in [2.05, 4.69) is 0 Å². The molecule has 0 saturated carbocycles. The highest BCUT2D eigenvalue weighted by molar-refractivity contribution is 8.13. The van der Waals surface area contributed by atoms with Crippen LogP contribution in [0.3, 0.4) is 0 Å². The summed E-state index contributed by atoms with van der Waals surface area (Å²) in [7, 11) is -1.12. The number of thioether (sulfide) groups is 1. The van der Waals surface area contributed by atoms with Crippen LogP contribution in [-0.2, 0) is 20.3 Å². The fourth-order valence-corrected chi connectivity index (χ4v) is 6.79. The van der Waals surface area contributed by atoms with Gasteiger partial charge in [0.1, 0.15) is 9.68 Å². The Bertz CT molecular complexity index is 349. The second-order valence-corrected chi connectivity index (χ2v) is 8.17. The molecule has 1 N–H and O–H groups in total. The normalized spacial score (nSPS) is 28.0. The van der Waals surface area contributed by atoms with E-state index in [1.807, 2.05) is 27.7 Å². The highest BCUT2D eigenvalue weighted by atomic mass is 32.2. The van der Waals surface area contributed by atoms with Gasteiger partial charge in [-0.2, -0.15) is 0 Å². The van der Waals surface area contributed by atoms with E-state index in [4.69, 9.17) is 4.74 Å². The van der Waals surface area contributed by atoms with Gasteiger partial charge in [0, 0.05) is 16.6 Å². The summed E-state index contributed by atoms with van der Waals surface area (Å²) in [6, 6.07) is 0. The third kappa shape index (κ3) is 4.70. The summed E-state index contributed by atoms with van der Waals surface area (Å²) < 4.78 is 16.7. The van der Waals surface area contributed by atoms with Crippen molar-refractivity contribution in [3.63, 3.8) is 0 Å². The molecule has 1 rings (SSSR count). The average molecular weight is 339 g/mol. The first-order chi connectivity index (χ1) is 9.95. The van der Waals surface area contributed by atoms with Gasteiger partial charge in [-0.05, 0) is 31.9 Å². The molecule has 1 fully saturated rings. The van der Waals surface area contributed by atoms with Crippen molar-refractivity contribution in [1.82, 2.24) is 0 Å². The first-order valence-corrected chi connectivity index (χ1v) is 10.2. The third-order valence-corrected chi connectivity index (χ3v) is 8.28. The molecule has 0 amide bonds. The maximum Gasteiger partial charge on any atom is 0.308 e. The van der Waals surface area contributed by atoms with E-state index in [0.29, 0.717) is 25.2 Å². The Kier molecular flexibility index (Phi) is 9.81. The maximum absolute atomic E-state index is 12.5. The van der Waals surface area contributed by atoms with Crippen LogP contribution in [0.5, 0.6) is 0 Å². The quantitative estimate of drug-likeness (QED) is 0.754. The van der Waals surface area contributed by atoms with Gasteiger partial charge in [-0.25, -0.2) is 0 Å². The number of rotatable bonds is 6. The van der Waals surface area contributed by atoms with Gasteiger partial charge in [0.2, 0.25) is 0 Å². The molecule has 21 heavy (non-hydrogen) atoms. The van der Waals surface area contributed by atoms with Crippen molar-refractivity contribution in [3.8, 4) is 0 Å². The number of carbonyl (C=O) groups excluding carboxylic acids is 1. The Morgan fingerprint density at radius 3 is 2.43 bits per heavy atom. The summed E-state index contributed by atoms with van der Waals surface area (Å²) in [4.78, 5) is 11.7. The molecule has 0 unspecified atom stereocenters. The van der Waals surface area contributed by atoms with Gasteiger partial charge in [-0.3, -0.25) is 9.00 Å². The van der Waals surface area contributed by atoms with E-state index in [-0.39, 0.29) is 6.42 Å². The van der Waals surface area contributed by atoms with Crippen LogP contribution in [0.15, 0.2) is 0 Å². The van der Waals surface area contributed by atoms with Gasteiger partial charge in [-0.15, -0.1) is 11.8 Å². The van der Waals surface area contributed by atoms with E-state index in [1.54, 1.807) is 18.7 Å². The average Bonchev–Trinajstić information content (AvgIpc) is 2.50. The maximum atomic E-state index is 12.5. The van der Waals surface area contributed by atoms with Crippen molar-refractivity contribution in [2.24, 2.45) is 0 Å². The van der Waals surface area contributed by atoms with Crippen LogP contribution in [0.4, 0.5) is 0 Å². The zero-order chi connectivity index (χ0) is 16.5. The van der Waals surface area contributed by atoms with E-state index < -0.39 is 26.4 Å². The predicted octanol–water partition coefficient (Wildman–Crippen LogP) is 3.10. The van der Waals surface area contributed by atoms with E-state index in [1.165, 1.54) is 0 Å². The highest BCUT2D eigenvalue weighted by Crippen LogP contribution is 2.48. The molecule has 0 spiro atoms. The van der Waals surface area contributed by atoms with Crippen LogP contribution in [0.25, 0.3) is 0 Å². The van der Waals surface area contributed by atoms with Crippen molar-refractivity contribution in [1.29, 1.82) is 0 Å². The van der Waals surface area contributed by atoms with Crippen molar-refractivity contribution >= 4 is 28.5 Å². The molecule has 1 heterocycles. The Balaban J connectivity index is 0.00000191. The van der Waals surface area contributed by atoms with Gasteiger partial charge < -0.3 is 9.84 Å². The topological polar surface area (TPSA) is 63.6 Å². The molecule has 1 aliphatic rings. The van der Waals surface area contributed by atoms with Gasteiger partial charge in [0.15, 0.2) is 0 Å². The Morgan fingerprint density at radius 1 is 1.38 bits per heavy atom. The van der Waals surface area contributed by atoms with Crippen LogP contribution in [0.2, 0.25) is 0 Å². The molecule has 0 aromatic rings. The Labute approximate surface area is 135 Å². The monoisotopic (exact) mass is 338 g/mol. The molecular formula is C15H30O4S2. The van der Waals surface area contributed by atoms with Crippen LogP contribution in [0, 0.1) is 0 Å². The third-order valence-electron chi connectivity index (χ3n) is 3.68. The van der Waals surface area contributed by atoms with E-state index in [9.17, 15) is 14.1 Å². The summed E-state index contributed by atoms with van der Waals surface area (Å²) in [5, 5.41) is 10.9. The summed E-state index contributed by atoms with van der Waals surface area (Å²) in [6.45, 7) is 9.81. The lowest BCUT2D eigenvalue weighted by molar-refractivity contribution is -0.149. The number of hydrogen-bond acceptors (Lipinski definition) is 5. The van der Waals surface area contributed by atoms with Gasteiger partial charge >= 0.3 is 5.97 Å². The highest BCUT2D eigenvalue weighted by Gasteiger charge is 2.55. The van der Waals surface area contributed by atoms with Gasteiger partial charge in [0.25, 0.3) is 0 Å². The van der Waals surface area contributed by atoms with Crippen molar-refractivity contribution in [2.45, 2.75) is 70.0 Å². The molecule has 6 heteroatoms.